The van der Waals surface area contributed by atoms with Gasteiger partial charge in [0, 0.05) is 49.1 Å². The number of amidine groups is 2. The lowest BCUT2D eigenvalue weighted by molar-refractivity contribution is 0.674. The number of benzene rings is 9. The summed E-state index contributed by atoms with van der Waals surface area (Å²) in [6, 6.07) is 71.6. The predicted molar refractivity (Wildman–Crippen MR) is 242 cm³/mol. The van der Waals surface area contributed by atoms with Crippen molar-refractivity contribution < 1.29 is 0 Å². The molecule has 3 heterocycles. The molecule has 0 aliphatic carbocycles. The van der Waals surface area contributed by atoms with Crippen LogP contribution < -0.4 is 5.32 Å². The van der Waals surface area contributed by atoms with Crippen LogP contribution in [0.4, 0.5) is 0 Å². The van der Waals surface area contributed by atoms with E-state index < -0.39 is 0 Å². The van der Waals surface area contributed by atoms with Crippen LogP contribution in [0.5, 0.6) is 0 Å². The van der Waals surface area contributed by atoms with E-state index in [4.69, 9.17) is 9.98 Å². The first kappa shape index (κ1) is 32.5. The minimum atomic E-state index is -0.282. The molecule has 0 bridgehead atoms. The lowest BCUT2D eigenvalue weighted by atomic mass is 10.0. The summed E-state index contributed by atoms with van der Waals surface area (Å²) in [6.07, 6.45) is -0.282. The van der Waals surface area contributed by atoms with Crippen LogP contribution in [0.15, 0.2) is 210 Å². The van der Waals surface area contributed by atoms with E-state index in [1.54, 1.807) is 0 Å². The Bertz CT molecular complexity index is 3470. The topological polar surface area (TPSA) is 46.6 Å². The van der Waals surface area contributed by atoms with E-state index in [0.29, 0.717) is 5.84 Å². The van der Waals surface area contributed by atoms with Crippen LogP contribution in [0.25, 0.3) is 76.5 Å². The van der Waals surface area contributed by atoms with Crippen molar-refractivity contribution in [1.29, 1.82) is 0 Å². The van der Waals surface area contributed by atoms with E-state index in [2.05, 4.69) is 190 Å². The number of rotatable bonds is 5. The van der Waals surface area contributed by atoms with Crippen molar-refractivity contribution in [1.82, 2.24) is 14.5 Å². The molecular formula is C53H35N5. The van der Waals surface area contributed by atoms with Gasteiger partial charge in [0.05, 0.1) is 27.8 Å². The molecule has 58 heavy (non-hydrogen) atoms. The summed E-state index contributed by atoms with van der Waals surface area (Å²) in [7, 11) is 0. The first-order valence-electron chi connectivity index (χ1n) is 19.8. The molecule has 2 aromatic heterocycles. The Labute approximate surface area is 334 Å². The fraction of sp³-hybridized carbons (Fsp3) is 0.0189. The minimum Gasteiger partial charge on any atom is -0.344 e. The third kappa shape index (κ3) is 4.97. The van der Waals surface area contributed by atoms with Gasteiger partial charge in [-0.25, -0.2) is 9.98 Å². The molecule has 0 saturated heterocycles. The highest BCUT2D eigenvalue weighted by Gasteiger charge is 2.24. The van der Waals surface area contributed by atoms with Gasteiger partial charge in [0.25, 0.3) is 0 Å². The van der Waals surface area contributed by atoms with Gasteiger partial charge in [0.1, 0.15) is 12.0 Å². The molecule has 0 saturated carbocycles. The third-order valence-electron chi connectivity index (χ3n) is 11.7. The van der Waals surface area contributed by atoms with Gasteiger partial charge in [-0.05, 0) is 58.8 Å². The first-order valence-corrected chi connectivity index (χ1v) is 19.8. The molecule has 5 heteroatoms. The summed E-state index contributed by atoms with van der Waals surface area (Å²) in [5, 5.41) is 13.4. The molecule has 9 aromatic carbocycles. The minimum absolute atomic E-state index is 0.282. The van der Waals surface area contributed by atoms with Gasteiger partial charge in [-0.15, -0.1) is 0 Å². The summed E-state index contributed by atoms with van der Waals surface area (Å²) in [5.41, 5.74) is 10.1. The monoisotopic (exact) mass is 741 g/mol. The van der Waals surface area contributed by atoms with Crippen LogP contribution in [-0.4, -0.2) is 20.8 Å². The second-order valence-electron chi connectivity index (χ2n) is 15.0. The Morgan fingerprint density at radius 2 is 1.07 bits per heavy atom. The molecular weight excluding hydrogens is 707 g/mol. The highest BCUT2D eigenvalue weighted by Crippen LogP contribution is 2.42. The van der Waals surface area contributed by atoms with Gasteiger partial charge in [0.2, 0.25) is 0 Å². The summed E-state index contributed by atoms with van der Waals surface area (Å²) >= 11 is 0. The Morgan fingerprint density at radius 1 is 0.431 bits per heavy atom. The Kier molecular flexibility index (Phi) is 7.23. The van der Waals surface area contributed by atoms with Crippen LogP contribution >= 0.6 is 0 Å². The summed E-state index contributed by atoms with van der Waals surface area (Å²) in [6.45, 7) is 0. The van der Waals surface area contributed by atoms with Gasteiger partial charge >= 0.3 is 0 Å². The Morgan fingerprint density at radius 3 is 1.88 bits per heavy atom. The van der Waals surface area contributed by atoms with Crippen LogP contribution in [0, 0.1) is 0 Å². The first-order chi connectivity index (χ1) is 28.8. The zero-order valence-electron chi connectivity index (χ0n) is 31.4. The molecule has 5 nitrogen and oxygen atoms in total. The zero-order chi connectivity index (χ0) is 38.2. The van der Waals surface area contributed by atoms with Gasteiger partial charge in [-0.2, -0.15) is 0 Å². The number of fused-ring (bicyclic) bond motifs is 9. The van der Waals surface area contributed by atoms with E-state index in [0.717, 1.165) is 50.2 Å². The summed E-state index contributed by atoms with van der Waals surface area (Å²) in [4.78, 5) is 10.3. The number of aliphatic imine (C=N–C) groups is 2. The second kappa shape index (κ2) is 12.9. The van der Waals surface area contributed by atoms with Crippen molar-refractivity contribution in [2.75, 3.05) is 0 Å². The average molecular weight is 742 g/mol. The van der Waals surface area contributed by atoms with Crippen molar-refractivity contribution >= 4 is 76.8 Å². The molecule has 1 unspecified atom stereocenters. The fourth-order valence-corrected chi connectivity index (χ4v) is 9.14. The van der Waals surface area contributed by atoms with Crippen molar-refractivity contribution in [3.05, 3.63) is 217 Å². The fourth-order valence-electron chi connectivity index (χ4n) is 9.14. The molecule has 12 rings (SSSR count). The lowest BCUT2D eigenvalue weighted by Gasteiger charge is -2.25. The number of nitrogens with one attached hydrogen (secondary N) is 1. The standard InChI is InChI=1S/C53H35N5/c1-4-17-35(18-5-1)51-54-52(36-19-6-2-7-20-36)56-53(55-51)43-30-31-47(40-25-13-12-24-39(40)43)58-46-27-15-14-26-41(46)44-32-45-42-29-28-34-16-10-11-23-38(34)50(42)57(48(45)33-49(44)58)37-21-8-3-9-22-37/h1-33,51H,(H,54,55,56). The molecule has 272 valence electrons. The van der Waals surface area contributed by atoms with E-state index in [-0.39, 0.29) is 6.17 Å². The van der Waals surface area contributed by atoms with E-state index >= 15 is 0 Å². The van der Waals surface area contributed by atoms with Gasteiger partial charge < -0.3 is 14.5 Å². The van der Waals surface area contributed by atoms with E-state index in [9.17, 15) is 0 Å². The van der Waals surface area contributed by atoms with Crippen molar-refractivity contribution in [2.24, 2.45) is 9.98 Å². The Balaban J connectivity index is 1.12. The third-order valence-corrected chi connectivity index (χ3v) is 11.7. The molecule has 0 fully saturated rings. The van der Waals surface area contributed by atoms with Crippen molar-refractivity contribution in [2.45, 2.75) is 6.17 Å². The summed E-state index contributed by atoms with van der Waals surface area (Å²) < 4.78 is 4.92. The molecule has 1 aliphatic rings. The molecule has 1 atom stereocenters. The van der Waals surface area contributed by atoms with E-state index in [1.165, 1.54) is 48.9 Å². The maximum Gasteiger partial charge on any atom is 0.159 e. The predicted octanol–water partition coefficient (Wildman–Crippen LogP) is 12.7. The normalized spacial score (nSPS) is 14.4. The van der Waals surface area contributed by atoms with Gasteiger partial charge in [-0.3, -0.25) is 0 Å². The number of hydrogen-bond donors (Lipinski definition) is 1. The maximum atomic E-state index is 5.20. The smallest absolute Gasteiger partial charge is 0.159 e. The molecule has 1 aliphatic heterocycles. The molecule has 0 spiro atoms. The van der Waals surface area contributed by atoms with Crippen LogP contribution in [-0.2, 0) is 0 Å². The average Bonchev–Trinajstić information content (AvgIpc) is 3.80. The quantitative estimate of drug-likeness (QED) is 0.188. The molecule has 0 radical (unpaired) electrons. The summed E-state index contributed by atoms with van der Waals surface area (Å²) in [5.74, 6) is 1.51. The van der Waals surface area contributed by atoms with Gasteiger partial charge in [0.15, 0.2) is 5.84 Å². The van der Waals surface area contributed by atoms with Gasteiger partial charge in [-0.1, -0.05) is 158 Å². The second-order valence-corrected chi connectivity index (χ2v) is 15.0. The number of hydrogen-bond acceptors (Lipinski definition) is 3. The SMILES string of the molecule is c1ccc(C2=NC(c3ccccc3)NC(c3ccc(-n4c5ccccc5c5cc6c7ccc8ccccc8c7n(-c7ccccc7)c6cc54)c4ccccc34)=N2)cc1. The molecule has 0 amide bonds. The highest BCUT2D eigenvalue weighted by atomic mass is 15.2. The molecule has 1 N–H and O–H groups in total. The number of para-hydroxylation sites is 2. The highest BCUT2D eigenvalue weighted by molar-refractivity contribution is 6.24. The van der Waals surface area contributed by atoms with Crippen LogP contribution in [0.1, 0.15) is 22.9 Å². The van der Waals surface area contributed by atoms with E-state index in [1.807, 2.05) is 24.3 Å². The maximum absolute atomic E-state index is 5.20. The largest absolute Gasteiger partial charge is 0.344 e. The van der Waals surface area contributed by atoms with Crippen molar-refractivity contribution in [3.63, 3.8) is 0 Å². The Hall–Kier alpha value is -7.76. The zero-order valence-corrected chi connectivity index (χ0v) is 31.4. The number of nitrogens with zero attached hydrogens (tertiary/aromatic N) is 4. The van der Waals surface area contributed by atoms with Crippen molar-refractivity contribution in [3.8, 4) is 11.4 Å². The molecule has 11 aromatic rings. The lowest BCUT2D eigenvalue weighted by Crippen LogP contribution is -2.33. The number of aromatic nitrogens is 2. The van der Waals surface area contributed by atoms with Crippen LogP contribution in [0.3, 0.4) is 0 Å². The van der Waals surface area contributed by atoms with Crippen LogP contribution in [0.2, 0.25) is 0 Å².